The number of anilines is 3. The number of carbonyl (C=O) groups is 3. The minimum atomic E-state index is -0.896. The van der Waals surface area contributed by atoms with E-state index in [2.05, 4.69) is 20.9 Å². The van der Waals surface area contributed by atoms with Gasteiger partial charge in [-0.2, -0.15) is 0 Å². The van der Waals surface area contributed by atoms with E-state index < -0.39 is 17.8 Å². The number of methoxy groups -OCH3 is 1. The highest BCUT2D eigenvalue weighted by molar-refractivity contribution is 7.17. The number of carboxylic acids is 1. The van der Waals surface area contributed by atoms with E-state index in [4.69, 9.17) is 21.0 Å². The summed E-state index contributed by atoms with van der Waals surface area (Å²) in [7, 11) is 1.44. The molecule has 12 heteroatoms. The summed E-state index contributed by atoms with van der Waals surface area (Å²) in [6, 6.07) is 11.6. The fourth-order valence-electron chi connectivity index (χ4n) is 3.16. The summed E-state index contributed by atoms with van der Waals surface area (Å²) in [6.45, 7) is 1.66. The number of nitrogens with two attached hydrogens (primary N) is 1. The number of rotatable bonds is 9. The van der Waals surface area contributed by atoms with Gasteiger partial charge in [-0.05, 0) is 49.2 Å². The van der Waals surface area contributed by atoms with Crippen LogP contribution in [0.1, 0.15) is 37.7 Å². The van der Waals surface area contributed by atoms with Gasteiger partial charge in [0.1, 0.15) is 10.6 Å². The molecule has 11 nitrogen and oxygen atoms in total. The van der Waals surface area contributed by atoms with Gasteiger partial charge in [0.2, 0.25) is 0 Å². The summed E-state index contributed by atoms with van der Waals surface area (Å²) in [5, 5.41) is 24.5. The second kappa shape index (κ2) is 11.1. The molecule has 3 aromatic rings. The molecule has 0 aliphatic heterocycles. The van der Waals surface area contributed by atoms with Crippen LogP contribution < -0.4 is 26.4 Å². The van der Waals surface area contributed by atoms with Gasteiger partial charge in [0.15, 0.2) is 11.1 Å². The van der Waals surface area contributed by atoms with Crippen molar-refractivity contribution in [2.75, 3.05) is 23.1 Å². The van der Waals surface area contributed by atoms with Crippen molar-refractivity contribution in [1.29, 1.82) is 5.41 Å². The van der Waals surface area contributed by atoms with Crippen molar-refractivity contribution in [3.63, 3.8) is 0 Å². The fourth-order valence-corrected chi connectivity index (χ4v) is 4.03. The zero-order chi connectivity index (χ0) is 25.5. The van der Waals surface area contributed by atoms with Crippen molar-refractivity contribution >= 4 is 51.6 Å². The lowest BCUT2D eigenvalue weighted by Crippen LogP contribution is -2.20. The summed E-state index contributed by atoms with van der Waals surface area (Å²) < 4.78 is 5.32. The van der Waals surface area contributed by atoms with E-state index in [9.17, 15) is 14.4 Å². The third-order valence-electron chi connectivity index (χ3n) is 4.77. The van der Waals surface area contributed by atoms with Gasteiger partial charge >= 0.3 is 5.97 Å². The lowest BCUT2D eigenvalue weighted by molar-refractivity contribution is -0.136. The van der Waals surface area contributed by atoms with Crippen LogP contribution in [-0.4, -0.2) is 40.9 Å². The maximum absolute atomic E-state index is 12.9. The van der Waals surface area contributed by atoms with Crippen LogP contribution in [0.25, 0.3) is 0 Å². The Hall–Kier alpha value is -4.45. The number of amides is 2. The van der Waals surface area contributed by atoms with E-state index in [1.54, 1.807) is 43.3 Å². The van der Waals surface area contributed by atoms with Gasteiger partial charge in [-0.15, -0.1) is 0 Å². The number of aromatic nitrogens is 1. The molecule has 0 unspecified atom stereocenters. The Morgan fingerprint density at radius 3 is 2.57 bits per heavy atom. The number of hydrogen-bond acceptors (Lipinski definition) is 7. The van der Waals surface area contributed by atoms with Gasteiger partial charge in [0, 0.05) is 17.7 Å². The normalized spacial score (nSPS) is 10.3. The number of nitrogens with zero attached hydrogens (tertiary/aromatic N) is 1. The van der Waals surface area contributed by atoms with Crippen molar-refractivity contribution in [3.8, 4) is 5.75 Å². The average Bonchev–Trinajstić information content (AvgIpc) is 3.17. The van der Waals surface area contributed by atoms with Gasteiger partial charge in [0.05, 0.1) is 18.5 Å². The predicted octanol–water partition coefficient (Wildman–Crippen LogP) is 3.29. The van der Waals surface area contributed by atoms with Crippen molar-refractivity contribution in [2.24, 2.45) is 5.73 Å². The number of aliphatic carboxylic acids is 1. The summed E-state index contributed by atoms with van der Waals surface area (Å²) >= 11 is 1.04. The summed E-state index contributed by atoms with van der Waals surface area (Å²) in [6.07, 6.45) is 0.336. The van der Waals surface area contributed by atoms with Crippen molar-refractivity contribution < 1.29 is 24.2 Å². The highest BCUT2D eigenvalue weighted by Gasteiger charge is 2.19. The molecule has 1 heterocycles. The highest BCUT2D eigenvalue weighted by atomic mass is 32.1. The number of aryl methyl sites for hydroxylation is 2. The SMILES string of the molecule is COc1ccc(C(=O)Nc2cccc(CCC(=O)O)c2)cc1NC(=O)c1sc(NC(=N)N)nc1C. The summed E-state index contributed by atoms with van der Waals surface area (Å²) in [5.41, 5.74) is 7.63. The van der Waals surface area contributed by atoms with E-state index in [-0.39, 0.29) is 23.6 Å². The number of benzene rings is 2. The fraction of sp³-hybridized carbons (Fsp3) is 0.174. The minimum absolute atomic E-state index is 0.00944. The van der Waals surface area contributed by atoms with E-state index >= 15 is 0 Å². The molecule has 0 aliphatic carbocycles. The zero-order valence-electron chi connectivity index (χ0n) is 19.0. The molecule has 0 aliphatic rings. The van der Waals surface area contributed by atoms with E-state index in [0.717, 1.165) is 16.9 Å². The van der Waals surface area contributed by atoms with Crippen molar-refractivity contribution in [3.05, 3.63) is 64.2 Å². The summed E-state index contributed by atoms with van der Waals surface area (Å²) in [5.74, 6) is -1.71. The molecule has 7 N–H and O–H groups in total. The number of nitrogens with one attached hydrogen (secondary N) is 4. The number of hydrogen-bond donors (Lipinski definition) is 6. The lowest BCUT2D eigenvalue weighted by Gasteiger charge is -2.12. The number of carbonyl (C=O) groups excluding carboxylic acids is 2. The predicted molar refractivity (Wildman–Crippen MR) is 134 cm³/mol. The Labute approximate surface area is 204 Å². The molecule has 0 radical (unpaired) electrons. The molecule has 1 aromatic heterocycles. The molecule has 0 atom stereocenters. The number of ether oxygens (including phenoxy) is 1. The van der Waals surface area contributed by atoms with Crippen LogP contribution in [0.4, 0.5) is 16.5 Å². The molecule has 0 spiro atoms. The van der Waals surface area contributed by atoms with Crippen LogP contribution in [0, 0.1) is 12.3 Å². The third-order valence-corrected chi connectivity index (χ3v) is 5.84. The number of carboxylic acid groups (broad SMARTS) is 1. The molecule has 182 valence electrons. The maximum atomic E-state index is 12.9. The largest absolute Gasteiger partial charge is 0.495 e. The molecule has 0 saturated carbocycles. The number of guanidine groups is 1. The van der Waals surface area contributed by atoms with Gasteiger partial charge in [0.25, 0.3) is 11.8 Å². The Kier molecular flexibility index (Phi) is 8.00. The quantitative estimate of drug-likeness (QED) is 0.193. The standard InChI is InChI=1S/C23H24N6O5S/c1-12-19(35-23(26-12)29-22(24)25)21(33)28-16-11-14(7-8-17(16)34-2)20(32)27-15-5-3-4-13(10-15)6-9-18(30)31/h3-5,7-8,10-11H,6,9H2,1-2H3,(H,27,32)(H,28,33)(H,30,31)(H4,24,25,26,29). The Balaban J connectivity index is 1.77. The van der Waals surface area contributed by atoms with E-state index in [0.29, 0.717) is 33.6 Å². The minimum Gasteiger partial charge on any atom is -0.495 e. The van der Waals surface area contributed by atoms with Crippen LogP contribution in [0.15, 0.2) is 42.5 Å². The molecule has 0 bridgehead atoms. The first kappa shape index (κ1) is 25.2. The molecule has 2 aromatic carbocycles. The summed E-state index contributed by atoms with van der Waals surface area (Å²) in [4.78, 5) is 41.0. The van der Waals surface area contributed by atoms with Crippen LogP contribution in [0.2, 0.25) is 0 Å². The monoisotopic (exact) mass is 496 g/mol. The second-order valence-corrected chi connectivity index (χ2v) is 8.39. The smallest absolute Gasteiger partial charge is 0.303 e. The Bertz CT molecular complexity index is 1290. The molecule has 2 amide bonds. The van der Waals surface area contributed by atoms with Crippen LogP contribution in [0.5, 0.6) is 5.75 Å². The first-order valence-electron chi connectivity index (χ1n) is 10.4. The molecule has 0 saturated heterocycles. The van der Waals surface area contributed by atoms with Gasteiger partial charge in [-0.3, -0.25) is 19.8 Å². The third kappa shape index (κ3) is 6.77. The first-order chi connectivity index (χ1) is 16.7. The van der Waals surface area contributed by atoms with Gasteiger partial charge < -0.3 is 31.5 Å². The number of thiazole rings is 1. The average molecular weight is 497 g/mol. The Morgan fingerprint density at radius 1 is 1.11 bits per heavy atom. The molecule has 35 heavy (non-hydrogen) atoms. The molecule has 3 rings (SSSR count). The van der Waals surface area contributed by atoms with Crippen LogP contribution in [-0.2, 0) is 11.2 Å². The topological polar surface area (TPSA) is 180 Å². The van der Waals surface area contributed by atoms with Crippen molar-refractivity contribution in [1.82, 2.24) is 4.98 Å². The molecular formula is C23H24N6O5S. The molecule has 0 fully saturated rings. The Morgan fingerprint density at radius 2 is 1.89 bits per heavy atom. The lowest BCUT2D eigenvalue weighted by atomic mass is 10.1. The highest BCUT2D eigenvalue weighted by Crippen LogP contribution is 2.29. The van der Waals surface area contributed by atoms with Gasteiger partial charge in [-0.25, -0.2) is 4.98 Å². The van der Waals surface area contributed by atoms with Crippen molar-refractivity contribution in [2.45, 2.75) is 19.8 Å². The zero-order valence-corrected chi connectivity index (χ0v) is 19.8. The van der Waals surface area contributed by atoms with E-state index in [1.165, 1.54) is 13.2 Å². The van der Waals surface area contributed by atoms with Gasteiger partial charge in [-0.1, -0.05) is 23.5 Å². The first-order valence-corrected chi connectivity index (χ1v) is 11.2. The second-order valence-electron chi connectivity index (χ2n) is 7.39. The van der Waals surface area contributed by atoms with E-state index in [1.807, 2.05) is 0 Å². The van der Waals surface area contributed by atoms with Crippen LogP contribution >= 0.6 is 11.3 Å². The molecular weight excluding hydrogens is 472 g/mol. The maximum Gasteiger partial charge on any atom is 0.303 e. The van der Waals surface area contributed by atoms with Crippen LogP contribution in [0.3, 0.4) is 0 Å².